The van der Waals surface area contributed by atoms with E-state index in [4.69, 9.17) is 0 Å². The molecular formula is C22H31N2O3Y-. The van der Waals surface area contributed by atoms with Gasteiger partial charge in [-0.3, -0.25) is 14.6 Å². The van der Waals surface area contributed by atoms with Crippen LogP contribution in [0.2, 0.25) is 0 Å². The first-order chi connectivity index (χ1) is 13.0. The number of aliphatic hydroxyl groups is 1. The van der Waals surface area contributed by atoms with Gasteiger partial charge < -0.3 is 12.0 Å². The molecule has 1 N–H and O–H groups in total. The average molecular weight is 460 g/mol. The van der Waals surface area contributed by atoms with Gasteiger partial charge in [-0.15, -0.1) is 0 Å². The van der Waals surface area contributed by atoms with E-state index in [-0.39, 0.29) is 44.6 Å². The van der Waals surface area contributed by atoms with E-state index in [9.17, 15) is 14.7 Å². The van der Waals surface area contributed by atoms with E-state index < -0.39 is 12.1 Å². The van der Waals surface area contributed by atoms with E-state index in [0.29, 0.717) is 12.1 Å². The number of amides is 3. The zero-order valence-corrected chi connectivity index (χ0v) is 19.8. The molecule has 1 aliphatic rings. The molecule has 3 amide bonds. The first-order valence-electron chi connectivity index (χ1n) is 9.84. The van der Waals surface area contributed by atoms with Crippen LogP contribution in [0.3, 0.4) is 0 Å². The number of aliphatic hydroxyl groups excluding tert-OH is 1. The van der Waals surface area contributed by atoms with E-state index in [2.05, 4.69) is 13.8 Å². The number of allylic oxidation sites excluding steroid dienone is 1. The summed E-state index contributed by atoms with van der Waals surface area (Å²) in [6, 6.07) is 6.48. The molecule has 0 spiro atoms. The monoisotopic (exact) mass is 460 g/mol. The molecule has 1 aliphatic heterocycles. The molecule has 2 rings (SSSR count). The summed E-state index contributed by atoms with van der Waals surface area (Å²) >= 11 is 0. The predicted octanol–water partition coefficient (Wildman–Crippen LogP) is 4.63. The van der Waals surface area contributed by atoms with Crippen molar-refractivity contribution < 1.29 is 47.4 Å². The second-order valence-corrected chi connectivity index (χ2v) is 7.02. The van der Waals surface area contributed by atoms with Crippen molar-refractivity contribution in [2.24, 2.45) is 0 Å². The first-order valence-corrected chi connectivity index (χ1v) is 9.84. The fraction of sp³-hybridized carbons (Fsp3) is 0.500. The van der Waals surface area contributed by atoms with Gasteiger partial charge in [0.15, 0.2) is 0 Å². The van der Waals surface area contributed by atoms with Gasteiger partial charge in [-0.2, -0.15) is 6.42 Å². The number of imide groups is 1. The van der Waals surface area contributed by atoms with E-state index in [0.717, 1.165) is 44.1 Å². The van der Waals surface area contributed by atoms with Crippen molar-refractivity contribution in [2.75, 3.05) is 11.9 Å². The minimum atomic E-state index is -0.524. The van der Waals surface area contributed by atoms with Gasteiger partial charge in [0.1, 0.15) is 6.04 Å². The smallest absolute Gasteiger partial charge is 0.331 e. The Labute approximate surface area is 194 Å². The van der Waals surface area contributed by atoms with E-state index >= 15 is 0 Å². The Kier molecular flexibility index (Phi) is 11.2. The van der Waals surface area contributed by atoms with E-state index in [1.54, 1.807) is 4.90 Å². The van der Waals surface area contributed by atoms with E-state index in [1.807, 2.05) is 36.4 Å². The number of anilines is 1. The largest absolute Gasteiger partial charge is 0.388 e. The molecule has 1 radical (unpaired) electrons. The Morgan fingerprint density at radius 2 is 1.86 bits per heavy atom. The minimum absolute atomic E-state index is 0. The maximum absolute atomic E-state index is 12.6. The Morgan fingerprint density at radius 1 is 1.18 bits per heavy atom. The second kappa shape index (κ2) is 12.5. The molecule has 28 heavy (non-hydrogen) atoms. The number of nitrogens with zero attached hydrogens (tertiary/aromatic N) is 2. The molecule has 0 bridgehead atoms. The number of carbonyl (C=O) groups excluding carboxylic acids is 2. The van der Waals surface area contributed by atoms with Crippen molar-refractivity contribution in [1.29, 1.82) is 0 Å². The van der Waals surface area contributed by atoms with Gasteiger partial charge in [0.05, 0.1) is 6.10 Å². The zero-order valence-electron chi connectivity index (χ0n) is 17.0. The summed E-state index contributed by atoms with van der Waals surface area (Å²) < 4.78 is 0. The number of urea groups is 1. The molecule has 2 atom stereocenters. The fourth-order valence-electron chi connectivity index (χ4n) is 3.29. The molecule has 151 valence electrons. The summed E-state index contributed by atoms with van der Waals surface area (Å²) in [5.41, 5.74) is 1.52. The van der Waals surface area contributed by atoms with Crippen LogP contribution in [0.25, 0.3) is 0 Å². The summed E-state index contributed by atoms with van der Waals surface area (Å²) in [7, 11) is 1.52. The molecule has 1 saturated heterocycles. The van der Waals surface area contributed by atoms with Crippen molar-refractivity contribution in [1.82, 2.24) is 4.90 Å². The summed E-state index contributed by atoms with van der Waals surface area (Å²) in [5, 5.41) is 10.3. The predicted molar refractivity (Wildman–Crippen MR) is 108 cm³/mol. The van der Waals surface area contributed by atoms with Crippen LogP contribution in [0.15, 0.2) is 36.4 Å². The minimum Gasteiger partial charge on any atom is -0.388 e. The number of unbranched alkanes of at least 4 members (excludes halogenated alkanes) is 3. The molecule has 0 aromatic heterocycles. The fourth-order valence-corrected chi connectivity index (χ4v) is 3.29. The van der Waals surface area contributed by atoms with Crippen LogP contribution in [0.4, 0.5) is 10.5 Å². The van der Waals surface area contributed by atoms with Crippen LogP contribution in [-0.2, 0) is 37.5 Å². The average Bonchev–Trinajstić information content (AvgIpc) is 2.89. The SMILES string of the molecule is [CH2-]CC/C=C\CC1C(=O)N(C)C(=O)N1c1ccc(C(O)CCCCC)cc1.[Y]. The zero-order chi connectivity index (χ0) is 19.8. The molecule has 0 aliphatic carbocycles. The molecule has 1 aromatic rings. The van der Waals surface area contributed by atoms with Gasteiger partial charge in [0.25, 0.3) is 5.91 Å². The number of hydrogen-bond acceptors (Lipinski definition) is 3. The molecule has 1 fully saturated rings. The van der Waals surface area contributed by atoms with Crippen molar-refractivity contribution in [3.63, 3.8) is 0 Å². The van der Waals surface area contributed by atoms with Gasteiger partial charge in [0, 0.05) is 45.4 Å². The molecule has 1 heterocycles. The Morgan fingerprint density at radius 3 is 2.46 bits per heavy atom. The number of rotatable bonds is 10. The number of carbonyl (C=O) groups is 2. The second-order valence-electron chi connectivity index (χ2n) is 7.02. The van der Waals surface area contributed by atoms with E-state index in [1.165, 1.54) is 11.9 Å². The molecule has 1 aromatic carbocycles. The summed E-state index contributed by atoms with van der Waals surface area (Å²) in [6.45, 7) is 5.93. The third-order valence-electron chi connectivity index (χ3n) is 4.95. The molecule has 0 saturated carbocycles. The topological polar surface area (TPSA) is 60.9 Å². The van der Waals surface area contributed by atoms with Crippen molar-refractivity contribution >= 4 is 17.6 Å². The maximum atomic E-state index is 12.6. The van der Waals surface area contributed by atoms with Crippen LogP contribution in [-0.4, -0.2) is 35.0 Å². The summed E-state index contributed by atoms with van der Waals surface area (Å²) in [5.74, 6) is -0.192. The molecular weight excluding hydrogens is 429 g/mol. The normalized spacial score (nSPS) is 18.1. The van der Waals surface area contributed by atoms with Crippen LogP contribution >= 0.6 is 0 Å². The van der Waals surface area contributed by atoms with Gasteiger partial charge in [-0.25, -0.2) is 4.79 Å². The molecule has 6 heteroatoms. The number of likely N-dealkylation sites (N-methyl/N-ethyl adjacent to an activating group) is 1. The summed E-state index contributed by atoms with van der Waals surface area (Å²) in [6.07, 6.45) is 9.54. The van der Waals surface area contributed by atoms with Crippen molar-refractivity contribution in [3.8, 4) is 0 Å². The van der Waals surface area contributed by atoms with Gasteiger partial charge >= 0.3 is 6.03 Å². The standard InChI is InChI=1S/C22H31N2O3.Y/c1-4-6-8-10-11-19-21(26)23(3)22(27)24(19)18-15-13-17(14-16-18)20(25)12-9-7-5-2;/h8,10,13-16,19-20,25H,1,4-7,9,11-12H2,2-3H3;/q-1;/b10-8-;. The first kappa shape index (κ1) is 25.0. The molecule has 5 nitrogen and oxygen atoms in total. The van der Waals surface area contributed by atoms with Crippen LogP contribution in [0.5, 0.6) is 0 Å². The van der Waals surface area contributed by atoms with Gasteiger partial charge in [0.2, 0.25) is 0 Å². The van der Waals surface area contributed by atoms with Crippen LogP contribution in [0, 0.1) is 6.92 Å². The van der Waals surface area contributed by atoms with Gasteiger partial charge in [-0.05, 0) is 30.5 Å². The number of benzene rings is 1. The van der Waals surface area contributed by atoms with Crippen molar-refractivity contribution in [2.45, 2.75) is 64.0 Å². The van der Waals surface area contributed by atoms with Crippen LogP contribution < -0.4 is 4.90 Å². The quantitative estimate of drug-likeness (QED) is 0.240. The Balaban J connectivity index is 0.00000392. The van der Waals surface area contributed by atoms with Crippen LogP contribution in [0.1, 0.15) is 63.5 Å². The Hall–Kier alpha value is -1.04. The third-order valence-corrected chi connectivity index (χ3v) is 4.95. The third kappa shape index (κ3) is 6.23. The summed E-state index contributed by atoms with van der Waals surface area (Å²) in [4.78, 5) is 27.7. The number of hydrogen-bond donors (Lipinski definition) is 1. The van der Waals surface area contributed by atoms with Crippen molar-refractivity contribution in [3.05, 3.63) is 48.9 Å². The Bertz CT molecular complexity index is 660. The maximum Gasteiger partial charge on any atom is 0.331 e. The molecule has 2 unspecified atom stereocenters. The van der Waals surface area contributed by atoms with Gasteiger partial charge in [-0.1, -0.05) is 56.9 Å².